The molecule has 0 radical (unpaired) electrons. The molecule has 0 aromatic carbocycles. The second kappa shape index (κ2) is 64.9. The van der Waals surface area contributed by atoms with Gasteiger partial charge in [-0.05, 0) is 57.8 Å². The fourth-order valence-electron chi connectivity index (χ4n) is 10.7. The lowest BCUT2D eigenvalue weighted by Crippen LogP contribution is -2.45. The Bertz CT molecular complexity index is 1170. The van der Waals surface area contributed by atoms with Crippen LogP contribution in [0.15, 0.2) is 24.3 Å². The van der Waals surface area contributed by atoms with Gasteiger partial charge in [-0.1, -0.05) is 334 Å². The third-order valence-electron chi connectivity index (χ3n) is 16.0. The number of aliphatic hydroxyl groups is 2. The number of ether oxygens (including phenoxy) is 1. The number of hydrogen-bond acceptors (Lipinski definition) is 5. The van der Waals surface area contributed by atoms with E-state index < -0.39 is 12.1 Å². The Balaban J connectivity index is 3.42. The van der Waals surface area contributed by atoms with E-state index in [1.807, 2.05) is 6.08 Å². The molecule has 3 N–H and O–H groups in total. The van der Waals surface area contributed by atoms with Crippen molar-refractivity contribution in [2.45, 2.75) is 392 Å². The lowest BCUT2D eigenvalue weighted by molar-refractivity contribution is -0.143. The summed E-state index contributed by atoms with van der Waals surface area (Å²) in [6.45, 7) is 4.94. The highest BCUT2D eigenvalue weighted by atomic mass is 16.5. The van der Waals surface area contributed by atoms with Gasteiger partial charge in [0, 0.05) is 12.8 Å². The number of aliphatic hydroxyl groups excluding tert-OH is 2. The van der Waals surface area contributed by atoms with Crippen LogP contribution in [-0.2, 0) is 14.3 Å². The molecule has 0 heterocycles. The van der Waals surface area contributed by atoms with Gasteiger partial charge in [0.25, 0.3) is 0 Å². The van der Waals surface area contributed by atoms with Crippen molar-refractivity contribution in [3.63, 3.8) is 0 Å². The minimum absolute atomic E-state index is 0.0141. The van der Waals surface area contributed by atoms with Crippen molar-refractivity contribution in [1.29, 1.82) is 0 Å². The monoisotopic (exact) mass is 1060 g/mol. The Labute approximate surface area is 469 Å². The van der Waals surface area contributed by atoms with Crippen LogP contribution in [0.3, 0.4) is 0 Å². The second-order valence-corrected chi connectivity index (χ2v) is 23.5. The van der Waals surface area contributed by atoms with Gasteiger partial charge in [-0.2, -0.15) is 0 Å². The zero-order chi connectivity index (χ0) is 54.3. The second-order valence-electron chi connectivity index (χ2n) is 23.5. The van der Waals surface area contributed by atoms with Crippen LogP contribution >= 0.6 is 0 Å². The SMILES string of the molecule is CCCCCCCCCCCCCCCCCCC/C=C/C(O)C(CO)NC(=O)CCCCCCCCC/C=C\CCCCCCCCCCCCCOC(=O)CCCCCCCCCCCCCCCCCCC. The first-order valence-electron chi connectivity index (χ1n) is 34.1. The van der Waals surface area contributed by atoms with Crippen LogP contribution in [-0.4, -0.2) is 47.4 Å². The first-order valence-corrected chi connectivity index (χ1v) is 34.1. The summed E-state index contributed by atoms with van der Waals surface area (Å²) in [7, 11) is 0. The van der Waals surface area contributed by atoms with Gasteiger partial charge in [0.1, 0.15) is 0 Å². The molecule has 0 aromatic rings. The maximum absolute atomic E-state index is 12.5. The van der Waals surface area contributed by atoms with Crippen LogP contribution in [0.2, 0.25) is 0 Å². The van der Waals surface area contributed by atoms with Crippen molar-refractivity contribution in [2.24, 2.45) is 0 Å². The van der Waals surface area contributed by atoms with Gasteiger partial charge in [0.05, 0.1) is 25.4 Å². The lowest BCUT2D eigenvalue weighted by Gasteiger charge is -2.20. The summed E-state index contributed by atoms with van der Waals surface area (Å²) in [4.78, 5) is 24.6. The summed E-state index contributed by atoms with van der Waals surface area (Å²) in [6.07, 6.45) is 81.0. The fraction of sp³-hybridized carbons (Fsp3) is 0.913. The molecule has 0 fully saturated rings. The number of esters is 1. The van der Waals surface area contributed by atoms with E-state index in [1.54, 1.807) is 6.08 Å². The number of allylic oxidation sites excluding steroid dienone is 3. The van der Waals surface area contributed by atoms with Crippen LogP contribution in [0.4, 0.5) is 0 Å². The van der Waals surface area contributed by atoms with E-state index in [0.717, 1.165) is 44.9 Å². The summed E-state index contributed by atoms with van der Waals surface area (Å²) in [5.41, 5.74) is 0. The molecule has 0 saturated carbocycles. The minimum Gasteiger partial charge on any atom is -0.466 e. The highest BCUT2D eigenvalue weighted by Gasteiger charge is 2.18. The predicted octanol–water partition coefficient (Wildman–Crippen LogP) is 21.8. The molecule has 0 aliphatic heterocycles. The molecule has 0 aromatic heterocycles. The van der Waals surface area contributed by atoms with Gasteiger partial charge < -0.3 is 20.3 Å². The molecule has 0 spiro atoms. The summed E-state index contributed by atoms with van der Waals surface area (Å²) in [5.74, 6) is -0.0576. The number of amides is 1. The topological polar surface area (TPSA) is 95.9 Å². The average Bonchev–Trinajstić information content (AvgIpc) is 3.41. The van der Waals surface area contributed by atoms with Crippen LogP contribution in [0.5, 0.6) is 0 Å². The van der Waals surface area contributed by atoms with E-state index in [-0.39, 0.29) is 18.5 Å². The van der Waals surface area contributed by atoms with Crippen molar-refractivity contribution in [1.82, 2.24) is 5.32 Å². The third kappa shape index (κ3) is 61.4. The van der Waals surface area contributed by atoms with Crippen molar-refractivity contribution in [3.05, 3.63) is 24.3 Å². The highest BCUT2D eigenvalue weighted by Crippen LogP contribution is 2.18. The van der Waals surface area contributed by atoms with Crippen molar-refractivity contribution in [2.75, 3.05) is 13.2 Å². The molecule has 1 amide bonds. The molecule has 0 rings (SSSR count). The number of carbonyl (C=O) groups is 2. The van der Waals surface area contributed by atoms with Gasteiger partial charge in [-0.25, -0.2) is 0 Å². The molecule has 0 aliphatic carbocycles. The molecule has 6 heteroatoms. The van der Waals surface area contributed by atoms with E-state index in [4.69, 9.17) is 4.74 Å². The smallest absolute Gasteiger partial charge is 0.305 e. The number of nitrogens with one attached hydrogen (secondary N) is 1. The van der Waals surface area contributed by atoms with E-state index >= 15 is 0 Å². The predicted molar refractivity (Wildman–Crippen MR) is 329 cm³/mol. The number of carbonyl (C=O) groups excluding carboxylic acids is 2. The number of unbranched alkanes of at least 4 members (excludes halogenated alkanes) is 51. The molecule has 0 aliphatic rings. The van der Waals surface area contributed by atoms with Gasteiger partial charge in [-0.3, -0.25) is 9.59 Å². The maximum atomic E-state index is 12.5. The highest BCUT2D eigenvalue weighted by molar-refractivity contribution is 5.76. The van der Waals surface area contributed by atoms with Gasteiger partial charge >= 0.3 is 5.97 Å². The normalized spacial score (nSPS) is 12.6. The molecule has 75 heavy (non-hydrogen) atoms. The largest absolute Gasteiger partial charge is 0.466 e. The number of hydrogen-bond donors (Lipinski definition) is 3. The van der Waals surface area contributed by atoms with Gasteiger partial charge in [0.15, 0.2) is 0 Å². The molecule has 2 unspecified atom stereocenters. The molecular weight excluding hydrogens is 923 g/mol. The van der Waals surface area contributed by atoms with E-state index in [1.165, 1.54) is 308 Å². The molecule has 6 nitrogen and oxygen atoms in total. The number of rotatable bonds is 64. The Hall–Kier alpha value is -1.66. The van der Waals surface area contributed by atoms with Crippen LogP contribution in [0.1, 0.15) is 380 Å². The van der Waals surface area contributed by atoms with Gasteiger partial charge in [0.2, 0.25) is 5.91 Å². The molecule has 0 saturated heterocycles. The Morgan fingerprint density at radius 2 is 0.627 bits per heavy atom. The van der Waals surface area contributed by atoms with Crippen molar-refractivity contribution < 1.29 is 24.5 Å². The summed E-state index contributed by atoms with van der Waals surface area (Å²) >= 11 is 0. The summed E-state index contributed by atoms with van der Waals surface area (Å²) in [5, 5.41) is 23.2. The van der Waals surface area contributed by atoms with Crippen LogP contribution < -0.4 is 5.32 Å². The Kier molecular flexibility index (Phi) is 63.4. The lowest BCUT2D eigenvalue weighted by atomic mass is 10.0. The zero-order valence-electron chi connectivity index (χ0n) is 50.8. The molecule has 0 bridgehead atoms. The first kappa shape index (κ1) is 73.3. The molecule has 2 atom stereocenters. The first-order chi connectivity index (χ1) is 37.0. The quantitative estimate of drug-likeness (QED) is 0.0320. The Morgan fingerprint density at radius 3 is 0.947 bits per heavy atom. The van der Waals surface area contributed by atoms with Crippen LogP contribution in [0.25, 0.3) is 0 Å². The van der Waals surface area contributed by atoms with Crippen molar-refractivity contribution >= 4 is 11.9 Å². The van der Waals surface area contributed by atoms with E-state index in [2.05, 4.69) is 31.3 Å². The van der Waals surface area contributed by atoms with Crippen molar-refractivity contribution in [3.8, 4) is 0 Å². The maximum Gasteiger partial charge on any atom is 0.305 e. The van der Waals surface area contributed by atoms with E-state index in [9.17, 15) is 19.8 Å². The summed E-state index contributed by atoms with van der Waals surface area (Å²) in [6, 6.07) is -0.633. The van der Waals surface area contributed by atoms with Gasteiger partial charge in [-0.15, -0.1) is 0 Å². The Morgan fingerprint density at radius 1 is 0.360 bits per heavy atom. The van der Waals surface area contributed by atoms with E-state index in [0.29, 0.717) is 19.4 Å². The summed E-state index contributed by atoms with van der Waals surface area (Å²) < 4.78 is 5.50. The molecular formula is C69H133NO5. The zero-order valence-corrected chi connectivity index (χ0v) is 50.8. The van der Waals surface area contributed by atoms with Crippen LogP contribution in [0, 0.1) is 0 Å². The fourth-order valence-corrected chi connectivity index (χ4v) is 10.7. The third-order valence-corrected chi connectivity index (χ3v) is 16.0. The molecule has 444 valence electrons. The standard InChI is InChI=1S/C69H133NO5/c1-3-5-7-9-11-13-15-17-19-21-26-30-33-37-41-45-49-53-57-61-67(72)66(65-71)70-68(73)62-58-54-50-46-42-38-34-31-27-24-22-23-25-28-32-36-40-44-48-52-56-60-64-75-69(74)63-59-55-51-47-43-39-35-29-20-18-16-14-12-10-8-6-4-2/h24,27,57,61,66-67,71-72H,3-23,25-26,28-56,58-60,62-65H2,1-2H3,(H,70,73)/b27-24-,61-57+. The minimum atomic E-state index is -0.849. The average molecular weight is 1060 g/mol.